The second kappa shape index (κ2) is 10.8. The molecule has 0 amide bonds. The fourth-order valence-electron chi connectivity index (χ4n) is 4.75. The Morgan fingerprint density at radius 3 is 2.51 bits per heavy atom. The summed E-state index contributed by atoms with van der Waals surface area (Å²) in [6.45, 7) is 5.99. The van der Waals surface area contributed by atoms with Gasteiger partial charge in [0.2, 0.25) is 15.8 Å². The van der Waals surface area contributed by atoms with Crippen molar-refractivity contribution < 1.29 is 13.2 Å². The zero-order valence-corrected chi connectivity index (χ0v) is 23.8. The molecular formula is C28H34ClN5O4S. The summed E-state index contributed by atoms with van der Waals surface area (Å²) in [4.78, 5) is 15.6. The van der Waals surface area contributed by atoms with Gasteiger partial charge in [0.25, 0.3) is 0 Å². The molecule has 0 radical (unpaired) electrons. The number of hydrogen-bond acceptors (Lipinski definition) is 7. The van der Waals surface area contributed by atoms with Crippen molar-refractivity contribution in [2.45, 2.75) is 38.9 Å². The number of aromatic nitrogens is 2. The zero-order chi connectivity index (χ0) is 27.8. The van der Waals surface area contributed by atoms with E-state index in [1.54, 1.807) is 42.6 Å². The van der Waals surface area contributed by atoms with Crippen molar-refractivity contribution in [1.82, 2.24) is 14.1 Å². The minimum absolute atomic E-state index is 0.0698. The Morgan fingerprint density at radius 2 is 1.85 bits per heavy atom. The quantitative estimate of drug-likeness (QED) is 0.388. The van der Waals surface area contributed by atoms with Gasteiger partial charge >= 0.3 is 5.56 Å². The van der Waals surface area contributed by atoms with Crippen molar-refractivity contribution >= 4 is 33.0 Å². The standard InChI is InChI=1S/C28H34ClN5O4S/c1-3-21-15-20(7-8-24(21)30)18-39(36,37)33-13-11-32(12-14-33)25-17-31-34(23-6-4-5-22(29)16-23)27(35)26(25)38-19-28(2)9-10-28/h4-8,15-17H,3,9-14,18-19,30H2,1-2H3. The number of nitrogen functional groups attached to an aromatic ring is 1. The van der Waals surface area contributed by atoms with Crippen LogP contribution in [0.2, 0.25) is 5.02 Å². The third kappa shape index (κ3) is 6.08. The lowest BCUT2D eigenvalue weighted by molar-refractivity contribution is 0.242. The molecule has 2 aliphatic rings. The van der Waals surface area contributed by atoms with Crippen LogP contribution in [0.4, 0.5) is 11.4 Å². The highest BCUT2D eigenvalue weighted by molar-refractivity contribution is 7.88. The summed E-state index contributed by atoms with van der Waals surface area (Å²) in [5.41, 5.74) is 9.15. The molecule has 0 bridgehead atoms. The van der Waals surface area contributed by atoms with Gasteiger partial charge in [-0.05, 0) is 54.7 Å². The van der Waals surface area contributed by atoms with Crippen LogP contribution in [0.1, 0.15) is 37.8 Å². The van der Waals surface area contributed by atoms with Crippen LogP contribution in [0.15, 0.2) is 53.5 Å². The summed E-state index contributed by atoms with van der Waals surface area (Å²) >= 11 is 6.15. The van der Waals surface area contributed by atoms with Crippen LogP contribution in [0, 0.1) is 5.41 Å². The molecule has 1 saturated heterocycles. The molecule has 1 aliphatic heterocycles. The second-order valence-corrected chi connectivity index (χ2v) is 13.1. The molecule has 3 aromatic rings. The van der Waals surface area contributed by atoms with Crippen molar-refractivity contribution in [3.8, 4) is 11.4 Å². The Kier molecular flexibility index (Phi) is 7.63. The molecule has 1 aromatic heterocycles. The Bertz CT molecular complexity index is 1530. The predicted molar refractivity (Wildman–Crippen MR) is 154 cm³/mol. The molecule has 11 heteroatoms. The number of sulfonamides is 1. The van der Waals surface area contributed by atoms with Crippen molar-refractivity contribution in [2.24, 2.45) is 5.41 Å². The van der Waals surface area contributed by atoms with E-state index >= 15 is 0 Å². The van der Waals surface area contributed by atoms with Gasteiger partial charge in [-0.2, -0.15) is 14.1 Å². The Morgan fingerprint density at radius 1 is 1.10 bits per heavy atom. The molecule has 0 spiro atoms. The number of rotatable bonds is 9. The molecule has 0 atom stereocenters. The lowest BCUT2D eigenvalue weighted by Gasteiger charge is -2.35. The first-order valence-corrected chi connectivity index (χ1v) is 15.2. The highest BCUT2D eigenvalue weighted by atomic mass is 35.5. The molecule has 39 heavy (non-hydrogen) atoms. The fourth-order valence-corrected chi connectivity index (χ4v) is 6.44. The average molecular weight is 572 g/mol. The van der Waals surface area contributed by atoms with Crippen LogP contribution >= 0.6 is 11.6 Å². The smallest absolute Gasteiger partial charge is 0.316 e. The third-order valence-electron chi connectivity index (χ3n) is 7.55. The summed E-state index contributed by atoms with van der Waals surface area (Å²) in [5.74, 6) is 0.146. The molecule has 2 N–H and O–H groups in total. The Hall–Kier alpha value is -3.08. The number of benzene rings is 2. The minimum Gasteiger partial charge on any atom is -0.486 e. The Balaban J connectivity index is 1.35. The molecule has 2 fully saturated rings. The number of anilines is 2. The SMILES string of the molecule is CCc1cc(CS(=O)(=O)N2CCN(c3cnn(-c4cccc(Cl)c4)c(=O)c3OCC3(C)CC3)CC2)ccc1N. The van der Waals surface area contributed by atoms with Gasteiger partial charge in [-0.15, -0.1) is 0 Å². The van der Waals surface area contributed by atoms with E-state index in [0.717, 1.165) is 30.4 Å². The first-order valence-electron chi connectivity index (χ1n) is 13.2. The molecule has 9 nitrogen and oxygen atoms in total. The van der Waals surface area contributed by atoms with Crippen LogP contribution < -0.4 is 20.9 Å². The molecule has 0 unspecified atom stereocenters. The molecule has 2 heterocycles. The van der Waals surface area contributed by atoms with Crippen molar-refractivity contribution in [3.63, 3.8) is 0 Å². The summed E-state index contributed by atoms with van der Waals surface area (Å²) in [7, 11) is -3.53. The third-order valence-corrected chi connectivity index (χ3v) is 9.63. The zero-order valence-electron chi connectivity index (χ0n) is 22.3. The maximum atomic E-state index is 13.6. The topological polar surface area (TPSA) is 111 Å². The van der Waals surface area contributed by atoms with E-state index in [9.17, 15) is 13.2 Å². The van der Waals surface area contributed by atoms with Crippen LogP contribution in [-0.4, -0.2) is 55.3 Å². The number of nitrogens with zero attached hydrogens (tertiary/aromatic N) is 4. The number of nitrogens with two attached hydrogens (primary N) is 1. The van der Waals surface area contributed by atoms with Crippen LogP contribution in [-0.2, 0) is 22.2 Å². The normalized spacial score (nSPS) is 17.3. The number of halogens is 1. The van der Waals surface area contributed by atoms with E-state index in [2.05, 4.69) is 12.0 Å². The lowest BCUT2D eigenvalue weighted by atomic mass is 10.1. The van der Waals surface area contributed by atoms with Gasteiger partial charge < -0.3 is 15.4 Å². The second-order valence-electron chi connectivity index (χ2n) is 10.7. The van der Waals surface area contributed by atoms with Gasteiger partial charge in [-0.3, -0.25) is 4.79 Å². The van der Waals surface area contributed by atoms with Crippen LogP contribution in [0.3, 0.4) is 0 Å². The van der Waals surface area contributed by atoms with E-state index in [0.29, 0.717) is 54.9 Å². The van der Waals surface area contributed by atoms with E-state index < -0.39 is 10.0 Å². The molecular weight excluding hydrogens is 538 g/mol. The van der Waals surface area contributed by atoms with Gasteiger partial charge in [0.15, 0.2) is 0 Å². The van der Waals surface area contributed by atoms with E-state index in [-0.39, 0.29) is 22.5 Å². The van der Waals surface area contributed by atoms with Gasteiger partial charge in [-0.1, -0.05) is 43.6 Å². The maximum Gasteiger partial charge on any atom is 0.316 e. The largest absolute Gasteiger partial charge is 0.486 e. The average Bonchev–Trinajstić information content (AvgIpc) is 3.66. The van der Waals surface area contributed by atoms with Crippen molar-refractivity contribution in [1.29, 1.82) is 0 Å². The number of hydrogen-bond donors (Lipinski definition) is 1. The first-order chi connectivity index (χ1) is 18.6. The van der Waals surface area contributed by atoms with Gasteiger partial charge in [-0.25, -0.2) is 8.42 Å². The van der Waals surface area contributed by atoms with Gasteiger partial charge in [0.05, 0.1) is 24.2 Å². The van der Waals surface area contributed by atoms with Gasteiger partial charge in [0.1, 0.15) is 5.69 Å². The highest BCUT2D eigenvalue weighted by Crippen LogP contribution is 2.45. The maximum absolute atomic E-state index is 13.6. The molecule has 1 saturated carbocycles. The lowest BCUT2D eigenvalue weighted by Crippen LogP contribution is -2.49. The molecule has 2 aromatic carbocycles. The first kappa shape index (κ1) is 27.5. The predicted octanol–water partition coefficient (Wildman–Crippen LogP) is 3.86. The molecule has 1 aliphatic carbocycles. The van der Waals surface area contributed by atoms with Crippen LogP contribution in [0.5, 0.6) is 5.75 Å². The van der Waals surface area contributed by atoms with E-state index in [1.807, 2.05) is 17.9 Å². The number of piperazine rings is 1. The van der Waals surface area contributed by atoms with Gasteiger partial charge in [0, 0.05) is 42.3 Å². The highest BCUT2D eigenvalue weighted by Gasteiger charge is 2.39. The molecule has 5 rings (SSSR count). The van der Waals surface area contributed by atoms with Crippen molar-refractivity contribution in [2.75, 3.05) is 43.4 Å². The summed E-state index contributed by atoms with van der Waals surface area (Å²) in [6, 6.07) is 12.3. The number of aryl methyl sites for hydroxylation is 1. The minimum atomic E-state index is -3.53. The van der Waals surface area contributed by atoms with E-state index in [1.165, 1.54) is 8.99 Å². The van der Waals surface area contributed by atoms with Crippen LogP contribution in [0.25, 0.3) is 5.69 Å². The Labute approximate surface area is 234 Å². The monoisotopic (exact) mass is 571 g/mol. The van der Waals surface area contributed by atoms with Crippen molar-refractivity contribution in [3.05, 3.63) is 75.2 Å². The fraction of sp³-hybridized carbons (Fsp3) is 0.429. The molecule has 208 valence electrons. The van der Waals surface area contributed by atoms with E-state index in [4.69, 9.17) is 22.1 Å². The summed E-state index contributed by atoms with van der Waals surface area (Å²) < 4.78 is 35.4. The number of ether oxygens (including phenoxy) is 1. The summed E-state index contributed by atoms with van der Waals surface area (Å²) in [5, 5.41) is 4.91. The summed E-state index contributed by atoms with van der Waals surface area (Å²) in [6.07, 6.45) is 4.48.